The van der Waals surface area contributed by atoms with Gasteiger partial charge in [0, 0.05) is 66.5 Å². The SMILES string of the molecule is CC[C@@H](NC(=O)c1cccc(-c2cnc(N)c(C(=O)NC)n2)c1)c1ccccc1.CC[C@H](NC(=O)c1cccc(-c2cnc(N)c(C(=O)NC)n2)c1)c1ccccc1.CNC(=O)c1nc(-c2cccc(C(=O)N[C@@H]3C[C@H]3c3ccccc3)c2)cnc1N. The number of amides is 6. The van der Waals surface area contributed by atoms with Gasteiger partial charge in [-0.2, -0.15) is 0 Å². The molecular formula is C66H67N15O6. The molecule has 87 heavy (non-hydrogen) atoms. The molecule has 4 atom stereocenters. The lowest BCUT2D eigenvalue weighted by Crippen LogP contribution is -2.28. The summed E-state index contributed by atoms with van der Waals surface area (Å²) < 4.78 is 0. The summed E-state index contributed by atoms with van der Waals surface area (Å²) >= 11 is 0. The maximum absolute atomic E-state index is 12.8. The number of carbonyl (C=O) groups excluding carboxylic acids is 6. The molecule has 1 fully saturated rings. The molecule has 3 aromatic heterocycles. The molecule has 1 aliphatic rings. The second kappa shape index (κ2) is 29.3. The standard InChI is InChI=1S/C22H21N5O2.2C22H23N5O2/c1-24-22(29)19-20(23)25-12-18(26-19)14-8-5-9-15(10-14)21(28)27-17-11-16(17)13-6-3-2-4-7-13;2*1-3-17(14-8-5-4-6-9-14)27-21(28)16-11-7-10-15(12-16)18-13-25-20(23)19(26-18)22(29)24-2/h2-10,12,16-17H,11H2,1H3,(H2,23,25)(H,24,29)(H,27,28);2*4-13,17H,3H2,1-2H3,(H2,23,25)(H,24,29)(H,27,28)/t16-,17+;2*17-/m010/s1. The van der Waals surface area contributed by atoms with E-state index in [4.69, 9.17) is 17.2 Å². The normalized spacial score (nSPS) is 13.5. The van der Waals surface area contributed by atoms with Gasteiger partial charge in [0.05, 0.1) is 47.8 Å². The quantitative estimate of drug-likeness (QED) is 0.0414. The summed E-state index contributed by atoms with van der Waals surface area (Å²) in [6.07, 6.45) is 6.94. The summed E-state index contributed by atoms with van der Waals surface area (Å²) in [5.74, 6) is -1.22. The minimum Gasteiger partial charge on any atom is -0.382 e. The minimum absolute atomic E-state index is 0.0509. The van der Waals surface area contributed by atoms with Crippen LogP contribution in [-0.4, -0.2) is 92.5 Å². The van der Waals surface area contributed by atoms with Gasteiger partial charge in [-0.05, 0) is 72.4 Å². The Hall–Kier alpha value is -11.2. The number of carbonyl (C=O) groups is 6. The molecule has 0 spiro atoms. The molecule has 21 heteroatoms. The molecule has 6 amide bonds. The van der Waals surface area contributed by atoms with E-state index in [1.807, 2.05) is 98.8 Å². The molecule has 0 unspecified atom stereocenters. The van der Waals surface area contributed by atoms with Gasteiger partial charge in [0.1, 0.15) is 0 Å². The Bertz CT molecular complexity index is 3740. The number of nitrogens with two attached hydrogens (primary N) is 3. The largest absolute Gasteiger partial charge is 0.382 e. The van der Waals surface area contributed by atoms with Gasteiger partial charge in [0.25, 0.3) is 35.4 Å². The maximum atomic E-state index is 12.8. The summed E-state index contributed by atoms with van der Waals surface area (Å²) in [6.45, 7) is 4.05. The third-order valence-corrected chi connectivity index (χ3v) is 14.2. The third-order valence-electron chi connectivity index (χ3n) is 14.2. The van der Waals surface area contributed by atoms with Crippen molar-refractivity contribution in [3.05, 3.63) is 233 Å². The van der Waals surface area contributed by atoms with Crippen molar-refractivity contribution in [1.29, 1.82) is 0 Å². The van der Waals surface area contributed by atoms with Crippen LogP contribution in [0.2, 0.25) is 0 Å². The summed E-state index contributed by atoms with van der Waals surface area (Å²) in [6, 6.07) is 51.0. The first-order valence-corrected chi connectivity index (χ1v) is 28.1. The van der Waals surface area contributed by atoms with Crippen molar-refractivity contribution in [3.8, 4) is 33.8 Å². The predicted octanol–water partition coefficient (Wildman–Crippen LogP) is 8.30. The molecule has 0 aliphatic heterocycles. The van der Waals surface area contributed by atoms with Crippen LogP contribution < -0.4 is 49.1 Å². The second-order valence-electron chi connectivity index (χ2n) is 20.0. The van der Waals surface area contributed by atoms with Gasteiger partial charge < -0.3 is 49.1 Å². The van der Waals surface area contributed by atoms with E-state index in [1.54, 1.807) is 66.7 Å². The molecule has 1 saturated carbocycles. The molecular weight excluding hydrogens is 1100 g/mol. The van der Waals surface area contributed by atoms with Gasteiger partial charge in [-0.25, -0.2) is 29.9 Å². The number of nitrogen functional groups attached to an aromatic ring is 3. The Kier molecular flexibility index (Phi) is 20.9. The van der Waals surface area contributed by atoms with Crippen LogP contribution in [0.1, 0.15) is 130 Å². The summed E-state index contributed by atoms with van der Waals surface area (Å²) in [5, 5.41) is 16.7. The molecule has 1 aliphatic carbocycles. The fourth-order valence-corrected chi connectivity index (χ4v) is 9.30. The van der Waals surface area contributed by atoms with E-state index in [0.717, 1.165) is 30.4 Å². The Labute approximate surface area is 503 Å². The molecule has 6 aromatic carbocycles. The second-order valence-corrected chi connectivity index (χ2v) is 20.0. The number of nitrogens with one attached hydrogen (secondary N) is 6. The number of aromatic nitrogens is 6. The van der Waals surface area contributed by atoms with Gasteiger partial charge in [0.15, 0.2) is 34.5 Å². The maximum Gasteiger partial charge on any atom is 0.273 e. The van der Waals surface area contributed by atoms with Crippen LogP contribution in [0.5, 0.6) is 0 Å². The van der Waals surface area contributed by atoms with Crippen molar-refractivity contribution in [2.45, 2.75) is 57.2 Å². The number of hydrogen-bond acceptors (Lipinski definition) is 15. The molecule has 10 rings (SSSR count). The van der Waals surface area contributed by atoms with Crippen LogP contribution in [0.15, 0.2) is 182 Å². The monoisotopic (exact) mass is 1170 g/mol. The molecule has 0 bridgehead atoms. The van der Waals surface area contributed by atoms with Crippen molar-refractivity contribution in [3.63, 3.8) is 0 Å². The zero-order chi connectivity index (χ0) is 62.0. The minimum atomic E-state index is -0.417. The predicted molar refractivity (Wildman–Crippen MR) is 335 cm³/mol. The van der Waals surface area contributed by atoms with Crippen molar-refractivity contribution in [2.75, 3.05) is 38.3 Å². The lowest BCUT2D eigenvalue weighted by Gasteiger charge is -2.17. The number of benzene rings is 6. The van der Waals surface area contributed by atoms with Crippen molar-refractivity contribution >= 4 is 52.9 Å². The Morgan fingerprint density at radius 2 is 0.770 bits per heavy atom. The molecule has 12 N–H and O–H groups in total. The first-order valence-electron chi connectivity index (χ1n) is 28.1. The van der Waals surface area contributed by atoms with Crippen LogP contribution in [0, 0.1) is 0 Å². The number of rotatable bonds is 17. The smallest absolute Gasteiger partial charge is 0.273 e. The summed E-state index contributed by atoms with van der Waals surface area (Å²) in [4.78, 5) is 99.2. The number of hydrogen-bond donors (Lipinski definition) is 9. The summed E-state index contributed by atoms with van der Waals surface area (Å²) in [7, 11) is 4.50. The highest BCUT2D eigenvalue weighted by Gasteiger charge is 2.39. The van der Waals surface area contributed by atoms with Gasteiger partial charge in [0.2, 0.25) is 0 Å². The van der Waals surface area contributed by atoms with Crippen molar-refractivity contribution < 1.29 is 28.8 Å². The summed E-state index contributed by atoms with van der Waals surface area (Å²) in [5.41, 5.74) is 25.7. The number of anilines is 3. The molecule has 9 aromatic rings. The molecule has 0 saturated heterocycles. The van der Waals surface area contributed by atoms with Crippen LogP contribution in [0.3, 0.4) is 0 Å². The van der Waals surface area contributed by atoms with Crippen LogP contribution in [0.4, 0.5) is 17.5 Å². The van der Waals surface area contributed by atoms with E-state index >= 15 is 0 Å². The first kappa shape index (κ1) is 61.8. The highest BCUT2D eigenvalue weighted by atomic mass is 16.2. The van der Waals surface area contributed by atoms with E-state index in [9.17, 15) is 28.8 Å². The van der Waals surface area contributed by atoms with Gasteiger partial charge in [-0.3, -0.25) is 28.8 Å². The van der Waals surface area contributed by atoms with Gasteiger partial charge in [-0.15, -0.1) is 0 Å². The van der Waals surface area contributed by atoms with Crippen molar-refractivity contribution in [1.82, 2.24) is 61.8 Å². The fourth-order valence-electron chi connectivity index (χ4n) is 9.30. The topological polar surface area (TPSA) is 330 Å². The van der Waals surface area contributed by atoms with E-state index in [0.29, 0.717) is 56.4 Å². The third kappa shape index (κ3) is 15.9. The lowest BCUT2D eigenvalue weighted by molar-refractivity contribution is 0.0927. The highest BCUT2D eigenvalue weighted by molar-refractivity contribution is 6.00. The van der Waals surface area contributed by atoms with Crippen LogP contribution in [0.25, 0.3) is 33.8 Å². The lowest BCUT2D eigenvalue weighted by atomic mass is 10.0. The molecule has 21 nitrogen and oxygen atoms in total. The van der Waals surface area contributed by atoms with E-state index in [-0.39, 0.29) is 70.4 Å². The van der Waals surface area contributed by atoms with E-state index in [1.165, 1.54) is 45.3 Å². The van der Waals surface area contributed by atoms with E-state index in [2.05, 4.69) is 73.9 Å². The number of nitrogens with zero attached hydrogens (tertiary/aromatic N) is 6. The Morgan fingerprint density at radius 3 is 1.10 bits per heavy atom. The van der Waals surface area contributed by atoms with Crippen LogP contribution >= 0.6 is 0 Å². The molecule has 0 radical (unpaired) electrons. The van der Waals surface area contributed by atoms with Crippen LogP contribution in [-0.2, 0) is 0 Å². The Morgan fingerprint density at radius 1 is 0.437 bits per heavy atom. The Balaban J connectivity index is 0.000000169. The zero-order valence-corrected chi connectivity index (χ0v) is 48.6. The average Bonchev–Trinajstić information content (AvgIpc) is 3.31. The highest BCUT2D eigenvalue weighted by Crippen LogP contribution is 2.41. The fraction of sp³-hybridized carbons (Fsp3) is 0.182. The van der Waals surface area contributed by atoms with E-state index < -0.39 is 17.7 Å². The molecule has 442 valence electrons. The zero-order valence-electron chi connectivity index (χ0n) is 48.6. The van der Waals surface area contributed by atoms with Gasteiger partial charge >= 0.3 is 0 Å². The molecule has 3 heterocycles. The average molecular weight is 1170 g/mol. The first-order chi connectivity index (χ1) is 42.1. The van der Waals surface area contributed by atoms with Crippen molar-refractivity contribution in [2.24, 2.45) is 0 Å². The van der Waals surface area contributed by atoms with Gasteiger partial charge in [-0.1, -0.05) is 141 Å².